The maximum Gasteiger partial charge on any atom is 0.221 e. The van der Waals surface area contributed by atoms with Gasteiger partial charge in [0.1, 0.15) is 5.82 Å². The Balaban J connectivity index is 2.47. The number of carbonyl (C=O) groups excluding carboxylic acids is 1. The van der Waals surface area contributed by atoms with Gasteiger partial charge in [-0.1, -0.05) is 0 Å². The zero-order valence-corrected chi connectivity index (χ0v) is 10.5. The van der Waals surface area contributed by atoms with Crippen LogP contribution < -0.4 is 10.6 Å². The summed E-state index contributed by atoms with van der Waals surface area (Å²) in [6.45, 7) is 0.543. The van der Waals surface area contributed by atoms with Gasteiger partial charge in [-0.25, -0.2) is 4.39 Å². The molecule has 15 heavy (non-hydrogen) atoms. The monoisotopic (exact) mass is 322 g/mol. The first-order valence-corrected chi connectivity index (χ1v) is 5.61. The van der Waals surface area contributed by atoms with Crippen LogP contribution in [0.5, 0.6) is 0 Å². The van der Waals surface area contributed by atoms with E-state index in [0.29, 0.717) is 13.0 Å². The third kappa shape index (κ3) is 4.03. The smallest absolute Gasteiger partial charge is 0.221 e. The van der Waals surface area contributed by atoms with Gasteiger partial charge in [-0.3, -0.25) is 4.79 Å². The van der Waals surface area contributed by atoms with Crippen LogP contribution in [0.2, 0.25) is 0 Å². The van der Waals surface area contributed by atoms with E-state index < -0.39 is 0 Å². The van der Waals surface area contributed by atoms with Gasteiger partial charge in [0.25, 0.3) is 0 Å². The van der Waals surface area contributed by atoms with E-state index in [-0.39, 0.29) is 11.7 Å². The molecule has 3 nitrogen and oxygen atoms in total. The molecule has 1 amide bonds. The number of benzene rings is 1. The molecule has 1 aromatic rings. The van der Waals surface area contributed by atoms with Gasteiger partial charge in [-0.05, 0) is 40.8 Å². The van der Waals surface area contributed by atoms with Crippen LogP contribution in [0.4, 0.5) is 10.1 Å². The fraction of sp³-hybridized carbons (Fsp3) is 0.300. The first-order chi connectivity index (χ1) is 7.13. The van der Waals surface area contributed by atoms with E-state index in [2.05, 4.69) is 10.6 Å². The molecule has 0 aliphatic heterocycles. The minimum absolute atomic E-state index is 0.0142. The van der Waals surface area contributed by atoms with Gasteiger partial charge >= 0.3 is 0 Å². The molecule has 0 bridgehead atoms. The molecule has 82 valence electrons. The number of halogens is 2. The summed E-state index contributed by atoms with van der Waals surface area (Å²) in [6, 6.07) is 4.51. The minimum atomic E-state index is -0.253. The Bertz CT molecular complexity index is 357. The van der Waals surface area contributed by atoms with E-state index in [9.17, 15) is 9.18 Å². The molecule has 0 fully saturated rings. The van der Waals surface area contributed by atoms with Crippen LogP contribution in [0, 0.1) is 9.39 Å². The summed E-state index contributed by atoms with van der Waals surface area (Å²) < 4.78 is 13.6. The lowest BCUT2D eigenvalue weighted by molar-refractivity contribution is -0.120. The number of amides is 1. The van der Waals surface area contributed by atoms with Crippen molar-refractivity contribution in [2.75, 3.05) is 18.9 Å². The Labute approximate surface area is 102 Å². The first-order valence-electron chi connectivity index (χ1n) is 4.53. The third-order valence-corrected chi connectivity index (χ3v) is 2.77. The number of hydrogen-bond acceptors (Lipinski definition) is 2. The Morgan fingerprint density at radius 3 is 2.87 bits per heavy atom. The second-order valence-corrected chi connectivity index (χ2v) is 4.14. The van der Waals surface area contributed by atoms with E-state index in [0.717, 1.165) is 9.26 Å². The summed E-state index contributed by atoms with van der Waals surface area (Å²) in [4.78, 5) is 10.9. The molecule has 0 saturated heterocycles. The normalized spacial score (nSPS) is 9.80. The standard InChI is InChI=1S/C10H12FIN2O/c1-13-10(15)4-5-14-9-3-2-7(11)6-8(9)12/h2-3,6,14H,4-5H2,1H3,(H,13,15). The maximum atomic E-state index is 12.8. The van der Waals surface area contributed by atoms with Crippen molar-refractivity contribution in [2.45, 2.75) is 6.42 Å². The number of anilines is 1. The second kappa shape index (κ2) is 5.89. The summed E-state index contributed by atoms with van der Waals surface area (Å²) in [7, 11) is 1.60. The van der Waals surface area contributed by atoms with Crippen molar-refractivity contribution in [3.63, 3.8) is 0 Å². The third-order valence-electron chi connectivity index (χ3n) is 1.88. The molecular weight excluding hydrogens is 310 g/mol. The molecule has 0 saturated carbocycles. The highest BCUT2D eigenvalue weighted by Crippen LogP contribution is 2.18. The summed E-state index contributed by atoms with van der Waals surface area (Å²) >= 11 is 2.05. The predicted octanol–water partition coefficient (Wildman–Crippen LogP) is 1.98. The molecule has 0 aromatic heterocycles. The lowest BCUT2D eigenvalue weighted by Crippen LogP contribution is -2.20. The average Bonchev–Trinajstić information content (AvgIpc) is 2.21. The Morgan fingerprint density at radius 2 is 2.27 bits per heavy atom. The molecule has 0 spiro atoms. The second-order valence-electron chi connectivity index (χ2n) is 2.97. The molecule has 1 rings (SSSR count). The lowest BCUT2D eigenvalue weighted by Gasteiger charge is -2.07. The van der Waals surface area contributed by atoms with Crippen molar-refractivity contribution in [2.24, 2.45) is 0 Å². The molecular formula is C10H12FIN2O. The summed E-state index contributed by atoms with van der Waals surface area (Å²) in [5, 5.41) is 5.60. The number of nitrogens with one attached hydrogen (secondary N) is 2. The van der Waals surface area contributed by atoms with Crippen molar-refractivity contribution < 1.29 is 9.18 Å². The molecule has 0 atom stereocenters. The van der Waals surface area contributed by atoms with Crippen LogP contribution in [0.25, 0.3) is 0 Å². The minimum Gasteiger partial charge on any atom is -0.384 e. The van der Waals surface area contributed by atoms with Crippen molar-refractivity contribution in [3.8, 4) is 0 Å². The highest BCUT2D eigenvalue weighted by Gasteiger charge is 2.02. The lowest BCUT2D eigenvalue weighted by atomic mass is 10.3. The van der Waals surface area contributed by atoms with E-state index in [1.807, 2.05) is 22.6 Å². The highest BCUT2D eigenvalue weighted by atomic mass is 127. The predicted molar refractivity (Wildman–Crippen MR) is 66.3 cm³/mol. The largest absolute Gasteiger partial charge is 0.384 e. The van der Waals surface area contributed by atoms with Gasteiger partial charge in [0.05, 0.1) is 0 Å². The maximum absolute atomic E-state index is 12.8. The molecule has 0 aliphatic carbocycles. The van der Waals surface area contributed by atoms with Crippen molar-refractivity contribution in [1.29, 1.82) is 0 Å². The number of rotatable bonds is 4. The fourth-order valence-electron chi connectivity index (χ4n) is 1.07. The SMILES string of the molecule is CNC(=O)CCNc1ccc(F)cc1I. The molecule has 0 unspecified atom stereocenters. The number of hydrogen-bond donors (Lipinski definition) is 2. The molecule has 5 heteroatoms. The summed E-state index contributed by atoms with van der Waals surface area (Å²) in [5.41, 5.74) is 0.848. The van der Waals surface area contributed by atoms with Crippen molar-refractivity contribution in [3.05, 3.63) is 27.6 Å². The zero-order chi connectivity index (χ0) is 11.3. The Kier molecular flexibility index (Phi) is 4.80. The average molecular weight is 322 g/mol. The fourth-order valence-corrected chi connectivity index (χ4v) is 1.74. The zero-order valence-electron chi connectivity index (χ0n) is 8.31. The molecule has 0 aliphatic rings. The van der Waals surface area contributed by atoms with Crippen molar-refractivity contribution in [1.82, 2.24) is 5.32 Å². The van der Waals surface area contributed by atoms with Gasteiger partial charge in [0, 0.05) is 29.3 Å². The Morgan fingerprint density at radius 1 is 1.53 bits per heavy atom. The van der Waals surface area contributed by atoms with Crippen LogP contribution in [0.15, 0.2) is 18.2 Å². The van der Waals surface area contributed by atoms with Gasteiger partial charge < -0.3 is 10.6 Å². The van der Waals surface area contributed by atoms with E-state index in [1.54, 1.807) is 13.1 Å². The van der Waals surface area contributed by atoms with Crippen LogP contribution in [0.1, 0.15) is 6.42 Å². The quantitative estimate of drug-likeness (QED) is 0.833. The van der Waals surface area contributed by atoms with Gasteiger partial charge in [-0.15, -0.1) is 0 Å². The van der Waals surface area contributed by atoms with Crippen LogP contribution >= 0.6 is 22.6 Å². The van der Waals surface area contributed by atoms with Crippen LogP contribution in [-0.4, -0.2) is 19.5 Å². The first kappa shape index (κ1) is 12.2. The Hall–Kier alpha value is -0.850. The molecule has 2 N–H and O–H groups in total. The number of carbonyl (C=O) groups is 1. The van der Waals surface area contributed by atoms with E-state index in [1.165, 1.54) is 12.1 Å². The topological polar surface area (TPSA) is 41.1 Å². The van der Waals surface area contributed by atoms with E-state index >= 15 is 0 Å². The van der Waals surface area contributed by atoms with Gasteiger partial charge in [0.2, 0.25) is 5.91 Å². The van der Waals surface area contributed by atoms with Crippen molar-refractivity contribution >= 4 is 34.2 Å². The molecule has 0 heterocycles. The van der Waals surface area contributed by atoms with Crippen LogP contribution in [0.3, 0.4) is 0 Å². The van der Waals surface area contributed by atoms with Gasteiger partial charge in [0.15, 0.2) is 0 Å². The molecule has 1 aromatic carbocycles. The summed E-state index contributed by atoms with van der Waals surface area (Å²) in [6.07, 6.45) is 0.407. The highest BCUT2D eigenvalue weighted by molar-refractivity contribution is 14.1. The van der Waals surface area contributed by atoms with Crippen LogP contribution in [-0.2, 0) is 4.79 Å². The van der Waals surface area contributed by atoms with E-state index in [4.69, 9.17) is 0 Å². The summed E-state index contributed by atoms with van der Waals surface area (Å²) in [5.74, 6) is -0.268. The molecule has 0 radical (unpaired) electrons. The van der Waals surface area contributed by atoms with Gasteiger partial charge in [-0.2, -0.15) is 0 Å².